The summed E-state index contributed by atoms with van der Waals surface area (Å²) in [6.45, 7) is 0.718. The van der Waals surface area contributed by atoms with Crippen molar-refractivity contribution in [2.75, 3.05) is 13.3 Å². The SMILES string of the molecule is CN(Cc1nc2ccccc2s1)[C@H]1CCCC[C@H]1S(C)(=O)=O. The van der Waals surface area contributed by atoms with E-state index in [0.29, 0.717) is 0 Å². The number of hydrogen-bond acceptors (Lipinski definition) is 5. The van der Waals surface area contributed by atoms with Crippen molar-refractivity contribution >= 4 is 31.4 Å². The van der Waals surface area contributed by atoms with E-state index in [1.165, 1.54) is 11.0 Å². The minimum atomic E-state index is -3.00. The van der Waals surface area contributed by atoms with Gasteiger partial charge in [0.1, 0.15) is 5.01 Å². The van der Waals surface area contributed by atoms with Crippen LogP contribution in [-0.2, 0) is 16.4 Å². The van der Waals surface area contributed by atoms with Crippen LogP contribution in [0.4, 0.5) is 0 Å². The Balaban J connectivity index is 1.78. The molecule has 120 valence electrons. The van der Waals surface area contributed by atoms with Crippen LogP contribution in [0.5, 0.6) is 0 Å². The van der Waals surface area contributed by atoms with Crippen molar-refractivity contribution < 1.29 is 8.42 Å². The molecule has 1 aliphatic rings. The molecule has 2 atom stereocenters. The quantitative estimate of drug-likeness (QED) is 0.859. The van der Waals surface area contributed by atoms with Gasteiger partial charge in [-0.1, -0.05) is 25.0 Å². The average molecular weight is 338 g/mol. The number of benzene rings is 1. The lowest BCUT2D eigenvalue weighted by atomic mass is 9.94. The molecule has 0 radical (unpaired) electrons. The van der Waals surface area contributed by atoms with Gasteiger partial charge >= 0.3 is 0 Å². The second kappa shape index (κ2) is 6.26. The molecule has 1 aliphatic carbocycles. The van der Waals surface area contributed by atoms with Crippen LogP contribution in [0.1, 0.15) is 30.7 Å². The lowest BCUT2D eigenvalue weighted by Gasteiger charge is -2.36. The summed E-state index contributed by atoms with van der Waals surface area (Å²) in [5.74, 6) is 0. The van der Waals surface area contributed by atoms with E-state index < -0.39 is 9.84 Å². The van der Waals surface area contributed by atoms with Crippen molar-refractivity contribution in [1.82, 2.24) is 9.88 Å². The van der Waals surface area contributed by atoms with E-state index in [2.05, 4.69) is 16.0 Å². The van der Waals surface area contributed by atoms with Gasteiger partial charge < -0.3 is 0 Å². The summed E-state index contributed by atoms with van der Waals surface area (Å²) in [6, 6.07) is 8.23. The highest BCUT2D eigenvalue weighted by Crippen LogP contribution is 2.29. The van der Waals surface area contributed by atoms with Crippen LogP contribution in [-0.4, -0.2) is 42.9 Å². The zero-order chi connectivity index (χ0) is 15.7. The molecule has 1 heterocycles. The van der Waals surface area contributed by atoms with Crippen molar-refractivity contribution in [3.05, 3.63) is 29.3 Å². The molecule has 3 rings (SSSR count). The summed E-state index contributed by atoms with van der Waals surface area (Å²) in [7, 11) is -0.968. The zero-order valence-corrected chi connectivity index (χ0v) is 14.7. The largest absolute Gasteiger partial charge is 0.295 e. The van der Waals surface area contributed by atoms with Crippen molar-refractivity contribution in [3.8, 4) is 0 Å². The van der Waals surface area contributed by atoms with Crippen molar-refractivity contribution in [2.24, 2.45) is 0 Å². The smallest absolute Gasteiger partial charge is 0.151 e. The fourth-order valence-electron chi connectivity index (χ4n) is 3.40. The number of nitrogens with zero attached hydrogens (tertiary/aromatic N) is 2. The van der Waals surface area contributed by atoms with E-state index in [4.69, 9.17) is 0 Å². The molecular weight excluding hydrogens is 316 g/mol. The van der Waals surface area contributed by atoms with Crippen LogP contribution < -0.4 is 0 Å². The maximum Gasteiger partial charge on any atom is 0.151 e. The van der Waals surface area contributed by atoms with Gasteiger partial charge in [0.2, 0.25) is 0 Å². The van der Waals surface area contributed by atoms with Gasteiger partial charge in [-0.3, -0.25) is 4.90 Å². The molecule has 6 heteroatoms. The van der Waals surface area contributed by atoms with Crippen LogP contribution in [0.3, 0.4) is 0 Å². The highest BCUT2D eigenvalue weighted by molar-refractivity contribution is 7.91. The Morgan fingerprint density at radius 3 is 2.73 bits per heavy atom. The fourth-order valence-corrected chi connectivity index (χ4v) is 5.94. The third-order valence-corrected chi connectivity index (χ3v) is 7.18. The summed E-state index contributed by atoms with van der Waals surface area (Å²) in [5, 5.41) is 0.821. The van der Waals surface area contributed by atoms with Gasteiger partial charge in [0.15, 0.2) is 9.84 Å². The number of sulfone groups is 1. The van der Waals surface area contributed by atoms with Gasteiger partial charge in [-0.25, -0.2) is 13.4 Å². The molecule has 0 saturated heterocycles. The molecule has 4 nitrogen and oxygen atoms in total. The Morgan fingerprint density at radius 1 is 1.27 bits per heavy atom. The Morgan fingerprint density at radius 2 is 2.00 bits per heavy atom. The molecule has 0 N–H and O–H groups in total. The number of thiazole rings is 1. The summed E-state index contributed by atoms with van der Waals surface area (Å²) in [4.78, 5) is 6.85. The molecule has 2 aromatic rings. The molecule has 22 heavy (non-hydrogen) atoms. The Hall–Kier alpha value is -0.980. The van der Waals surface area contributed by atoms with Crippen LogP contribution in [0.15, 0.2) is 24.3 Å². The monoisotopic (exact) mass is 338 g/mol. The molecule has 0 bridgehead atoms. The number of rotatable bonds is 4. The first kappa shape index (κ1) is 15.9. The first-order valence-electron chi connectivity index (χ1n) is 7.69. The second-order valence-electron chi connectivity index (χ2n) is 6.21. The van der Waals surface area contributed by atoms with E-state index >= 15 is 0 Å². The lowest BCUT2D eigenvalue weighted by Crippen LogP contribution is -2.46. The molecule has 1 saturated carbocycles. The third-order valence-electron chi connectivity index (χ3n) is 4.51. The maximum absolute atomic E-state index is 12.1. The van der Waals surface area contributed by atoms with Gasteiger partial charge in [-0.15, -0.1) is 11.3 Å². The number of hydrogen-bond donors (Lipinski definition) is 0. The van der Waals surface area contributed by atoms with E-state index in [1.807, 2.05) is 25.2 Å². The van der Waals surface area contributed by atoms with Crippen LogP contribution >= 0.6 is 11.3 Å². The van der Waals surface area contributed by atoms with E-state index in [-0.39, 0.29) is 11.3 Å². The summed E-state index contributed by atoms with van der Waals surface area (Å²) >= 11 is 1.70. The van der Waals surface area contributed by atoms with Crippen molar-refractivity contribution in [2.45, 2.75) is 43.5 Å². The van der Waals surface area contributed by atoms with Gasteiger partial charge in [0, 0.05) is 12.3 Å². The zero-order valence-electron chi connectivity index (χ0n) is 13.0. The lowest BCUT2D eigenvalue weighted by molar-refractivity contribution is 0.187. The molecule has 1 fully saturated rings. The molecule has 1 aromatic heterocycles. The Labute approximate surface area is 136 Å². The average Bonchev–Trinajstić information content (AvgIpc) is 2.88. The predicted octanol–water partition coefficient (Wildman–Crippen LogP) is 3.08. The maximum atomic E-state index is 12.1. The van der Waals surface area contributed by atoms with Crippen LogP contribution in [0.25, 0.3) is 10.2 Å². The van der Waals surface area contributed by atoms with E-state index in [1.54, 1.807) is 11.3 Å². The van der Waals surface area contributed by atoms with Crippen molar-refractivity contribution in [3.63, 3.8) is 0 Å². The van der Waals surface area contributed by atoms with E-state index in [0.717, 1.165) is 42.8 Å². The normalized spacial score (nSPS) is 23.2. The fraction of sp³-hybridized carbons (Fsp3) is 0.562. The first-order chi connectivity index (χ1) is 10.4. The Kier molecular flexibility index (Phi) is 4.52. The summed E-state index contributed by atoms with van der Waals surface area (Å²) in [6.07, 6.45) is 5.25. The van der Waals surface area contributed by atoms with Gasteiger partial charge in [-0.05, 0) is 32.0 Å². The molecule has 0 amide bonds. The summed E-state index contributed by atoms with van der Waals surface area (Å²) < 4.78 is 25.3. The first-order valence-corrected chi connectivity index (χ1v) is 10.5. The van der Waals surface area contributed by atoms with Crippen molar-refractivity contribution in [1.29, 1.82) is 0 Å². The number of fused-ring (bicyclic) bond motifs is 1. The highest BCUT2D eigenvalue weighted by Gasteiger charge is 2.35. The van der Waals surface area contributed by atoms with Gasteiger partial charge in [-0.2, -0.15) is 0 Å². The van der Waals surface area contributed by atoms with Crippen LogP contribution in [0, 0.1) is 0 Å². The minimum Gasteiger partial charge on any atom is -0.295 e. The van der Waals surface area contributed by atoms with Gasteiger partial charge in [0.25, 0.3) is 0 Å². The molecule has 0 spiro atoms. The minimum absolute atomic E-state index is 0.107. The second-order valence-corrected chi connectivity index (χ2v) is 9.59. The third kappa shape index (κ3) is 3.34. The topological polar surface area (TPSA) is 50.3 Å². The molecule has 0 aliphatic heterocycles. The van der Waals surface area contributed by atoms with Crippen LogP contribution in [0.2, 0.25) is 0 Å². The van der Waals surface area contributed by atoms with E-state index in [9.17, 15) is 8.42 Å². The molecule has 0 unspecified atom stereocenters. The Bertz CT molecular complexity index is 721. The van der Waals surface area contributed by atoms with Gasteiger partial charge in [0.05, 0.1) is 22.0 Å². The molecule has 1 aromatic carbocycles. The highest BCUT2D eigenvalue weighted by atomic mass is 32.2. The number of para-hydroxylation sites is 1. The predicted molar refractivity (Wildman–Crippen MR) is 92.0 cm³/mol. The molecular formula is C16H22N2O2S2. The standard InChI is InChI=1S/C16H22N2O2S2/c1-18(13-8-4-6-10-15(13)22(2,19)20)11-16-17-12-7-3-5-9-14(12)21-16/h3,5,7,9,13,15H,4,6,8,10-11H2,1-2H3/t13-,15+/m0/s1. The summed E-state index contributed by atoms with van der Waals surface area (Å²) in [5.41, 5.74) is 1.03. The number of aromatic nitrogens is 1.